The molecule has 2 bridgehead atoms. The molecule has 72 heavy (non-hydrogen) atoms. The Kier molecular flexibility index (Phi) is 22.6. The van der Waals surface area contributed by atoms with Crippen molar-refractivity contribution in [3.05, 3.63) is 47.6 Å². The number of methoxy groups -OCH3 is 3. The highest BCUT2D eigenvalue weighted by Gasteiger charge is 2.54. The first-order chi connectivity index (χ1) is 33.7. The number of esters is 1. The number of piperidine rings is 1. The predicted octanol–water partition coefficient (Wildman–Crippen LogP) is 7.05. The number of carbonyl (C=O) groups is 5. The summed E-state index contributed by atoms with van der Waals surface area (Å²) in [5.74, 6) is -9.68. The number of rotatable bonds is 8. The summed E-state index contributed by atoms with van der Waals surface area (Å²) >= 11 is 0. The molecular weight excluding hydrogens is 968 g/mol. The summed E-state index contributed by atoms with van der Waals surface area (Å²) in [5, 5.41) is 23.4. The van der Waals surface area contributed by atoms with E-state index in [9.17, 15) is 55.8 Å². The fourth-order valence-electron chi connectivity index (χ4n) is 10.4. The number of ketones is 3. The van der Waals surface area contributed by atoms with E-state index in [0.717, 1.165) is 10.5 Å². The monoisotopic (exact) mass is 1050 g/mol. The lowest BCUT2D eigenvalue weighted by Gasteiger charge is -2.42. The smallest absolute Gasteiger partial charge is 0.460 e. The number of cyclic esters (lactones) is 1. The number of nitrogens with zero attached hydrogens (tertiary/aromatic N) is 1. The van der Waals surface area contributed by atoms with Crippen molar-refractivity contribution in [2.24, 2.45) is 35.5 Å². The summed E-state index contributed by atoms with van der Waals surface area (Å²) in [6.07, 6.45) is 6.01. The number of amides is 1. The van der Waals surface area contributed by atoms with Gasteiger partial charge in [0.25, 0.3) is 11.7 Å². The van der Waals surface area contributed by atoms with E-state index < -0.39 is 117 Å². The minimum Gasteiger partial charge on any atom is -0.460 e. The Balaban J connectivity index is 1.70. The van der Waals surface area contributed by atoms with E-state index >= 15 is 0 Å². The summed E-state index contributed by atoms with van der Waals surface area (Å²) < 4.78 is 97.1. The Bertz CT molecular complexity index is 2130. The molecule has 0 aromatic heterocycles. The van der Waals surface area contributed by atoms with Gasteiger partial charge in [-0.25, -0.2) is 4.79 Å². The maximum absolute atomic E-state index is 14.4. The SMILES string of the molecule is CO[C@H]1C[C@@H]2CC[C@@H](C)[C@@](O)(O2)C(=O)C(=O)N2CCCC[C@H]2C(=O)O[C@H]([C@H](C)C[C@@H]2CC[C@@H](OS(=O)(=O)C(F)(F)F)[C@H](OC)C2)CC(=O)[C@H](C)/C=C(\C)[C@@H](O)[C@@H](OC)C(=O)[C@H](C)C[C@H](C)\C=C/C=C/C=C/1C. The number of ether oxygens (including phenoxy) is 5. The summed E-state index contributed by atoms with van der Waals surface area (Å²) in [6, 6.07) is -1.28. The number of alkyl halides is 3. The van der Waals surface area contributed by atoms with Crippen LogP contribution < -0.4 is 0 Å². The third-order valence-electron chi connectivity index (χ3n) is 15.0. The number of halogens is 3. The van der Waals surface area contributed by atoms with Gasteiger partial charge in [-0.3, -0.25) is 23.4 Å². The fourth-order valence-corrected chi connectivity index (χ4v) is 11.1. The maximum atomic E-state index is 14.4. The Labute approximate surface area is 423 Å². The number of hydrogen-bond donors (Lipinski definition) is 2. The van der Waals surface area contributed by atoms with Crippen molar-refractivity contribution >= 4 is 39.3 Å². The largest absolute Gasteiger partial charge is 0.523 e. The normalized spacial score (nSPS) is 38.1. The molecule has 2 saturated heterocycles. The van der Waals surface area contributed by atoms with Gasteiger partial charge in [-0.1, -0.05) is 71.1 Å². The summed E-state index contributed by atoms with van der Waals surface area (Å²) in [5.41, 5.74) is -4.52. The Morgan fingerprint density at radius 2 is 1.56 bits per heavy atom. The van der Waals surface area contributed by atoms with E-state index in [4.69, 9.17) is 23.7 Å². The molecule has 1 aliphatic carbocycles. The minimum absolute atomic E-state index is 0.0182. The van der Waals surface area contributed by atoms with Gasteiger partial charge in [0.1, 0.15) is 36.2 Å². The van der Waals surface area contributed by atoms with Crippen molar-refractivity contribution in [2.45, 2.75) is 186 Å². The minimum atomic E-state index is -5.91. The lowest BCUT2D eigenvalue weighted by molar-refractivity contribution is -0.265. The lowest BCUT2D eigenvalue weighted by atomic mass is 9.78. The van der Waals surface area contributed by atoms with Crippen LogP contribution in [0.2, 0.25) is 0 Å². The van der Waals surface area contributed by atoms with Crippen molar-refractivity contribution in [3.63, 3.8) is 0 Å². The zero-order valence-electron chi connectivity index (χ0n) is 43.4. The molecule has 408 valence electrons. The number of Topliss-reactive ketones (excluding diaryl/α,β-unsaturated/α-hetero) is 3. The van der Waals surface area contributed by atoms with Gasteiger partial charge in [-0.15, -0.1) is 0 Å². The number of aliphatic hydroxyl groups is 2. The van der Waals surface area contributed by atoms with Crippen LogP contribution in [0.3, 0.4) is 0 Å². The number of aliphatic hydroxyl groups excluding tert-OH is 1. The zero-order valence-corrected chi connectivity index (χ0v) is 44.2. The molecule has 3 fully saturated rings. The van der Waals surface area contributed by atoms with E-state index in [2.05, 4.69) is 4.18 Å². The van der Waals surface area contributed by atoms with Gasteiger partial charge in [-0.05, 0) is 107 Å². The van der Waals surface area contributed by atoms with Crippen LogP contribution in [-0.2, 0) is 62.0 Å². The Morgan fingerprint density at radius 1 is 0.861 bits per heavy atom. The van der Waals surface area contributed by atoms with Crippen LogP contribution in [0.4, 0.5) is 13.2 Å². The van der Waals surface area contributed by atoms with Crippen LogP contribution in [0.25, 0.3) is 0 Å². The second-order valence-corrected chi connectivity index (χ2v) is 22.1. The van der Waals surface area contributed by atoms with E-state index in [1.807, 2.05) is 44.2 Å². The van der Waals surface area contributed by atoms with Gasteiger partial charge >= 0.3 is 21.6 Å². The fraction of sp³-hybridized carbons (Fsp3) is 0.750. The topological polar surface area (TPSA) is 219 Å². The second-order valence-electron chi connectivity index (χ2n) is 20.6. The van der Waals surface area contributed by atoms with E-state index in [-0.39, 0.29) is 74.7 Å². The number of allylic oxidation sites excluding steroid dienone is 6. The van der Waals surface area contributed by atoms with Gasteiger partial charge in [0.15, 0.2) is 5.78 Å². The average molecular weight is 1050 g/mol. The molecule has 4 rings (SSSR count). The number of carbonyl (C=O) groups excluding carboxylic acids is 5. The van der Waals surface area contributed by atoms with Crippen molar-refractivity contribution in [3.8, 4) is 0 Å². The maximum Gasteiger partial charge on any atom is 0.523 e. The third-order valence-corrected chi connectivity index (χ3v) is 16.1. The molecule has 0 radical (unpaired) electrons. The van der Waals surface area contributed by atoms with Crippen LogP contribution >= 0.6 is 0 Å². The molecule has 3 heterocycles. The molecule has 0 aromatic rings. The molecule has 0 unspecified atom stereocenters. The Hall–Kier alpha value is -3.63. The van der Waals surface area contributed by atoms with E-state index in [0.29, 0.717) is 32.1 Å². The van der Waals surface area contributed by atoms with Gasteiger partial charge in [0.2, 0.25) is 5.79 Å². The standard InChI is InChI=1S/C52H78F3NO15S/c1-30-16-12-11-13-17-31(2)42(66-8)28-38-21-19-36(7)51(63,70-38)48(60)49(61)56-23-15-14-18-39(56)50(62)69-43(29-40(57)32(3)25-35(6)46(59)47(68-10)45(58)34(5)24-30)33(4)26-37-20-22-41(44(27-37)67-9)71-72(64,65)52(53,54)55/h11-13,16-17,25,30,32-34,36-39,41-44,46-47,59,63H,14-15,18-24,26-29H2,1-10H3/b13-11+,16-12-,31-17+,35-25+/t30-,32-,33-,34-,36-,37+,38+,39+,41-,42+,43+,44-,46-,47+,51-/m1/s1. The summed E-state index contributed by atoms with van der Waals surface area (Å²) in [6.45, 7) is 12.1. The molecular formula is C52H78F3NO15S. The first-order valence-corrected chi connectivity index (χ1v) is 26.6. The molecule has 16 nitrogen and oxygen atoms in total. The zero-order chi connectivity index (χ0) is 53.9. The van der Waals surface area contributed by atoms with Crippen LogP contribution in [-0.4, -0.2) is 141 Å². The van der Waals surface area contributed by atoms with E-state index in [1.165, 1.54) is 27.4 Å². The molecule has 1 saturated carbocycles. The van der Waals surface area contributed by atoms with E-state index in [1.54, 1.807) is 34.6 Å². The molecule has 20 heteroatoms. The molecule has 2 N–H and O–H groups in total. The van der Waals surface area contributed by atoms with Crippen molar-refractivity contribution < 1.29 is 83.6 Å². The molecule has 4 aliphatic rings. The van der Waals surface area contributed by atoms with Crippen LogP contribution in [0.15, 0.2) is 47.6 Å². The predicted molar refractivity (Wildman–Crippen MR) is 259 cm³/mol. The first-order valence-electron chi connectivity index (χ1n) is 25.2. The molecule has 0 spiro atoms. The highest BCUT2D eigenvalue weighted by molar-refractivity contribution is 7.87. The highest BCUT2D eigenvalue weighted by Crippen LogP contribution is 2.39. The molecule has 1 amide bonds. The van der Waals surface area contributed by atoms with Crippen molar-refractivity contribution in [1.82, 2.24) is 4.90 Å². The molecule has 3 aliphatic heterocycles. The van der Waals surface area contributed by atoms with Crippen molar-refractivity contribution in [1.29, 1.82) is 0 Å². The van der Waals surface area contributed by atoms with Gasteiger partial charge in [0, 0.05) is 58.5 Å². The van der Waals surface area contributed by atoms with Gasteiger partial charge in [-0.2, -0.15) is 21.6 Å². The quantitative estimate of drug-likeness (QED) is 0.0818. The van der Waals surface area contributed by atoms with Crippen LogP contribution in [0, 0.1) is 35.5 Å². The lowest BCUT2D eigenvalue weighted by Crippen LogP contribution is -2.61. The average Bonchev–Trinajstić information content (AvgIpc) is 3.32. The summed E-state index contributed by atoms with van der Waals surface area (Å²) in [4.78, 5) is 72.0. The number of hydrogen-bond acceptors (Lipinski definition) is 15. The van der Waals surface area contributed by atoms with Crippen molar-refractivity contribution in [2.75, 3.05) is 27.9 Å². The molecule has 0 aromatic carbocycles. The number of fused-ring (bicyclic) bond motifs is 3. The van der Waals surface area contributed by atoms with Crippen LogP contribution in [0.5, 0.6) is 0 Å². The third kappa shape index (κ3) is 15.7. The molecule has 15 atom stereocenters. The highest BCUT2D eigenvalue weighted by atomic mass is 32.2. The summed E-state index contributed by atoms with van der Waals surface area (Å²) in [7, 11) is -1.83. The van der Waals surface area contributed by atoms with Gasteiger partial charge < -0.3 is 38.8 Å². The van der Waals surface area contributed by atoms with Gasteiger partial charge in [0.05, 0.1) is 18.3 Å². The Morgan fingerprint density at radius 3 is 2.19 bits per heavy atom. The second kappa shape index (κ2) is 26.7. The van der Waals surface area contributed by atoms with Crippen LogP contribution in [0.1, 0.15) is 126 Å². The first kappa shape index (κ1) is 60.9.